The van der Waals surface area contributed by atoms with Gasteiger partial charge in [-0.25, -0.2) is 9.78 Å². The SMILES string of the molecule is NC(=O)OC1CCCN(CCc2ccc(Oc3nc4ccccc4s3)cc2)C1. The third-order valence-electron chi connectivity index (χ3n) is 4.86. The number of nitrogens with two attached hydrogens (primary N) is 1. The third kappa shape index (κ3) is 4.79. The minimum atomic E-state index is -0.685. The lowest BCUT2D eigenvalue weighted by Gasteiger charge is -2.31. The number of thiazole rings is 1. The van der Waals surface area contributed by atoms with Crippen molar-refractivity contribution < 1.29 is 14.3 Å². The highest BCUT2D eigenvalue weighted by Gasteiger charge is 2.21. The average Bonchev–Trinajstić information content (AvgIpc) is 3.09. The van der Waals surface area contributed by atoms with E-state index in [1.807, 2.05) is 36.4 Å². The van der Waals surface area contributed by atoms with Crippen molar-refractivity contribution in [3.8, 4) is 10.9 Å². The summed E-state index contributed by atoms with van der Waals surface area (Å²) >= 11 is 1.54. The number of carbonyl (C=O) groups excluding carboxylic acids is 1. The van der Waals surface area contributed by atoms with E-state index in [9.17, 15) is 4.79 Å². The Morgan fingerprint density at radius 2 is 2.04 bits per heavy atom. The van der Waals surface area contributed by atoms with Gasteiger partial charge in [0.15, 0.2) is 0 Å². The van der Waals surface area contributed by atoms with Gasteiger partial charge in [-0.1, -0.05) is 35.6 Å². The largest absolute Gasteiger partial charge is 0.445 e. The second kappa shape index (κ2) is 8.58. The minimum Gasteiger partial charge on any atom is -0.445 e. The van der Waals surface area contributed by atoms with E-state index in [-0.39, 0.29) is 6.10 Å². The molecule has 0 saturated carbocycles. The molecule has 0 spiro atoms. The van der Waals surface area contributed by atoms with Crippen LogP contribution >= 0.6 is 11.3 Å². The summed E-state index contributed by atoms with van der Waals surface area (Å²) in [6.07, 6.45) is 2.07. The van der Waals surface area contributed by atoms with Crippen molar-refractivity contribution in [1.82, 2.24) is 9.88 Å². The highest BCUT2D eigenvalue weighted by Crippen LogP contribution is 2.31. The van der Waals surface area contributed by atoms with Gasteiger partial charge < -0.3 is 15.2 Å². The maximum Gasteiger partial charge on any atom is 0.404 e. The predicted octanol–water partition coefficient (Wildman–Crippen LogP) is 4.19. The highest BCUT2D eigenvalue weighted by molar-refractivity contribution is 7.20. The molecule has 3 aromatic rings. The molecule has 0 radical (unpaired) electrons. The number of carbonyl (C=O) groups is 1. The van der Waals surface area contributed by atoms with Gasteiger partial charge in [-0.05, 0) is 55.6 Å². The van der Waals surface area contributed by atoms with E-state index in [0.29, 0.717) is 5.19 Å². The van der Waals surface area contributed by atoms with Gasteiger partial charge in [0.05, 0.1) is 10.2 Å². The van der Waals surface area contributed by atoms with Crippen molar-refractivity contribution >= 4 is 27.6 Å². The van der Waals surface area contributed by atoms with Gasteiger partial charge in [0.1, 0.15) is 11.9 Å². The van der Waals surface area contributed by atoms with Crippen molar-refractivity contribution in [3.05, 3.63) is 54.1 Å². The number of piperidine rings is 1. The molecule has 1 amide bonds. The van der Waals surface area contributed by atoms with Gasteiger partial charge in [0, 0.05) is 13.1 Å². The van der Waals surface area contributed by atoms with Gasteiger partial charge in [-0.2, -0.15) is 0 Å². The summed E-state index contributed by atoms with van der Waals surface area (Å²) in [6.45, 7) is 2.70. The molecule has 7 heteroatoms. The molecule has 1 saturated heterocycles. The minimum absolute atomic E-state index is 0.0872. The number of hydrogen-bond donors (Lipinski definition) is 1. The molecule has 6 nitrogen and oxygen atoms in total. The zero-order valence-corrected chi connectivity index (χ0v) is 16.4. The Labute approximate surface area is 167 Å². The van der Waals surface area contributed by atoms with E-state index < -0.39 is 6.09 Å². The first-order chi connectivity index (χ1) is 13.7. The van der Waals surface area contributed by atoms with Crippen molar-refractivity contribution in [3.63, 3.8) is 0 Å². The molecular formula is C21H23N3O3S. The summed E-state index contributed by atoms with van der Waals surface area (Å²) in [5, 5.41) is 0.655. The molecule has 146 valence electrons. The number of amides is 1. The molecule has 1 aromatic heterocycles. The van der Waals surface area contributed by atoms with Crippen LogP contribution in [0.3, 0.4) is 0 Å². The van der Waals surface area contributed by atoms with E-state index in [1.165, 1.54) is 5.56 Å². The van der Waals surface area contributed by atoms with Crippen LogP contribution in [0.25, 0.3) is 10.2 Å². The highest BCUT2D eigenvalue weighted by atomic mass is 32.1. The fraction of sp³-hybridized carbons (Fsp3) is 0.333. The van der Waals surface area contributed by atoms with Gasteiger partial charge in [-0.15, -0.1) is 0 Å². The van der Waals surface area contributed by atoms with E-state index in [0.717, 1.165) is 54.9 Å². The summed E-state index contributed by atoms with van der Waals surface area (Å²) in [5.41, 5.74) is 7.33. The fourth-order valence-electron chi connectivity index (χ4n) is 3.48. The van der Waals surface area contributed by atoms with Crippen LogP contribution < -0.4 is 10.5 Å². The monoisotopic (exact) mass is 397 g/mol. The van der Waals surface area contributed by atoms with Crippen LogP contribution in [-0.4, -0.2) is 41.7 Å². The Kier molecular flexibility index (Phi) is 5.73. The van der Waals surface area contributed by atoms with E-state index >= 15 is 0 Å². The van der Waals surface area contributed by atoms with Crippen LogP contribution in [-0.2, 0) is 11.2 Å². The van der Waals surface area contributed by atoms with Crippen LogP contribution in [0.15, 0.2) is 48.5 Å². The summed E-state index contributed by atoms with van der Waals surface area (Å²) in [5.74, 6) is 0.788. The maximum absolute atomic E-state index is 10.9. The van der Waals surface area contributed by atoms with Crippen LogP contribution in [0.1, 0.15) is 18.4 Å². The molecule has 1 aliphatic rings. The first-order valence-corrected chi connectivity index (χ1v) is 10.3. The second-order valence-electron chi connectivity index (χ2n) is 6.95. The quantitative estimate of drug-likeness (QED) is 0.675. The molecule has 1 unspecified atom stereocenters. The van der Waals surface area contributed by atoms with Crippen molar-refractivity contribution in [2.45, 2.75) is 25.4 Å². The average molecular weight is 398 g/mol. The summed E-state index contributed by atoms with van der Waals surface area (Å²) in [4.78, 5) is 17.8. The molecule has 4 rings (SSSR count). The summed E-state index contributed by atoms with van der Waals surface area (Å²) in [7, 11) is 0. The Bertz CT molecular complexity index is 908. The number of nitrogens with zero attached hydrogens (tertiary/aromatic N) is 2. The summed E-state index contributed by atoms with van der Waals surface area (Å²) in [6, 6.07) is 16.2. The van der Waals surface area contributed by atoms with Crippen molar-refractivity contribution in [2.24, 2.45) is 5.73 Å². The third-order valence-corrected chi connectivity index (χ3v) is 5.78. The Morgan fingerprint density at radius 3 is 2.82 bits per heavy atom. The Morgan fingerprint density at radius 1 is 1.21 bits per heavy atom. The topological polar surface area (TPSA) is 77.7 Å². The normalized spacial score (nSPS) is 17.5. The zero-order chi connectivity index (χ0) is 19.3. The Balaban J connectivity index is 1.30. The van der Waals surface area contributed by atoms with Gasteiger partial charge >= 0.3 is 6.09 Å². The van der Waals surface area contributed by atoms with Gasteiger partial charge in [0.2, 0.25) is 0 Å². The molecule has 1 atom stereocenters. The lowest BCUT2D eigenvalue weighted by atomic mass is 10.1. The first kappa shape index (κ1) is 18.7. The number of hydrogen-bond acceptors (Lipinski definition) is 6. The molecule has 1 fully saturated rings. The molecule has 28 heavy (non-hydrogen) atoms. The van der Waals surface area contributed by atoms with Gasteiger partial charge in [-0.3, -0.25) is 4.90 Å². The number of primary amides is 1. The maximum atomic E-state index is 10.9. The van der Waals surface area contributed by atoms with Crippen LogP contribution in [0, 0.1) is 0 Å². The molecular weight excluding hydrogens is 374 g/mol. The molecule has 1 aliphatic heterocycles. The lowest BCUT2D eigenvalue weighted by molar-refractivity contribution is 0.0479. The molecule has 2 N–H and O–H groups in total. The molecule has 2 heterocycles. The lowest BCUT2D eigenvalue weighted by Crippen LogP contribution is -2.42. The van der Waals surface area contributed by atoms with Crippen molar-refractivity contribution in [1.29, 1.82) is 0 Å². The number of ether oxygens (including phenoxy) is 2. The number of likely N-dealkylation sites (tertiary alicyclic amines) is 1. The Hall–Kier alpha value is -2.64. The molecule has 0 aliphatic carbocycles. The van der Waals surface area contributed by atoms with Gasteiger partial charge in [0.25, 0.3) is 5.19 Å². The predicted molar refractivity (Wildman–Crippen MR) is 110 cm³/mol. The number of rotatable bonds is 6. The van der Waals surface area contributed by atoms with Crippen LogP contribution in [0.5, 0.6) is 10.9 Å². The number of fused-ring (bicyclic) bond motifs is 1. The fourth-order valence-corrected chi connectivity index (χ4v) is 4.32. The zero-order valence-electron chi connectivity index (χ0n) is 15.5. The second-order valence-corrected chi connectivity index (χ2v) is 7.94. The first-order valence-electron chi connectivity index (χ1n) is 9.46. The standard InChI is InChI=1S/C21H23N3O3S/c22-20(25)26-17-4-3-12-24(14-17)13-11-15-7-9-16(10-8-15)27-21-23-18-5-1-2-6-19(18)28-21/h1-2,5-10,17H,3-4,11-14H2,(H2,22,25). The molecule has 2 aromatic carbocycles. The van der Waals surface area contributed by atoms with E-state index in [1.54, 1.807) is 11.3 Å². The smallest absolute Gasteiger partial charge is 0.404 e. The molecule has 0 bridgehead atoms. The van der Waals surface area contributed by atoms with E-state index in [4.69, 9.17) is 15.2 Å². The summed E-state index contributed by atoms with van der Waals surface area (Å²) < 4.78 is 12.2. The van der Waals surface area contributed by atoms with E-state index in [2.05, 4.69) is 22.0 Å². The van der Waals surface area contributed by atoms with Crippen molar-refractivity contribution in [2.75, 3.05) is 19.6 Å². The number of benzene rings is 2. The van der Waals surface area contributed by atoms with Crippen LogP contribution in [0.4, 0.5) is 4.79 Å². The number of para-hydroxylation sites is 1. The number of aromatic nitrogens is 1. The van der Waals surface area contributed by atoms with Crippen LogP contribution in [0.2, 0.25) is 0 Å².